The summed E-state index contributed by atoms with van der Waals surface area (Å²) in [4.78, 5) is 39.0. The van der Waals surface area contributed by atoms with Gasteiger partial charge in [-0.05, 0) is 61.3 Å². The number of fused-ring (bicyclic) bond motifs is 4. The molecule has 3 aromatic carbocycles. The van der Waals surface area contributed by atoms with E-state index in [2.05, 4.69) is 13.0 Å². The van der Waals surface area contributed by atoms with E-state index in [1.807, 2.05) is 37.3 Å². The molecule has 1 aliphatic carbocycles. The van der Waals surface area contributed by atoms with Gasteiger partial charge >= 0.3 is 0 Å². The van der Waals surface area contributed by atoms with E-state index in [4.69, 9.17) is 4.74 Å². The largest absolute Gasteiger partial charge is 0.507 e. The minimum Gasteiger partial charge on any atom is -0.507 e. The zero-order chi connectivity index (χ0) is 28.8. The lowest BCUT2D eigenvalue weighted by molar-refractivity contribution is -0.384. The van der Waals surface area contributed by atoms with E-state index >= 15 is 0 Å². The summed E-state index contributed by atoms with van der Waals surface area (Å²) in [6, 6.07) is 17.2. The molecule has 8 nitrogen and oxygen atoms in total. The Morgan fingerprint density at radius 1 is 1.07 bits per heavy atom. The van der Waals surface area contributed by atoms with Crippen LogP contribution in [-0.2, 0) is 14.3 Å². The van der Waals surface area contributed by atoms with Crippen molar-refractivity contribution in [2.24, 2.45) is 17.8 Å². The molecule has 2 fully saturated rings. The zero-order valence-corrected chi connectivity index (χ0v) is 23.1. The maximum Gasteiger partial charge on any atom is 0.271 e. The van der Waals surface area contributed by atoms with E-state index < -0.39 is 16.8 Å². The summed E-state index contributed by atoms with van der Waals surface area (Å²) in [5, 5.41) is 23.4. The molecule has 6 rings (SSSR count). The second-order valence-electron chi connectivity index (χ2n) is 11.2. The van der Waals surface area contributed by atoms with Gasteiger partial charge in [-0.3, -0.25) is 19.7 Å². The fourth-order valence-corrected chi connectivity index (χ4v) is 6.95. The lowest BCUT2D eigenvalue weighted by atomic mass is 9.70. The number of nitro benzene ring substituents is 1. The number of phenols is 1. The summed E-state index contributed by atoms with van der Waals surface area (Å²) in [6.45, 7) is 4.55. The smallest absolute Gasteiger partial charge is 0.271 e. The molecule has 0 radical (unpaired) electrons. The van der Waals surface area contributed by atoms with Crippen LogP contribution in [-0.4, -0.2) is 34.6 Å². The summed E-state index contributed by atoms with van der Waals surface area (Å²) in [6.07, 6.45) is 5.03. The molecule has 210 valence electrons. The van der Waals surface area contributed by atoms with Crippen LogP contribution in [0.2, 0.25) is 0 Å². The van der Waals surface area contributed by atoms with Crippen molar-refractivity contribution in [1.82, 2.24) is 0 Å². The molecule has 2 aliphatic heterocycles. The Morgan fingerprint density at radius 2 is 1.85 bits per heavy atom. The Hall–Kier alpha value is -4.30. The Bertz CT molecular complexity index is 1640. The molecule has 8 heteroatoms. The number of imide groups is 1. The Labute approximate surface area is 238 Å². The number of non-ortho nitro benzene ring substituents is 1. The standard InChI is InChI=1S/C33H32N2O6/c1-3-20(16-21-12-13-28(36)25-10-5-4-9-24(21)25)11-14-29-30-19(2)15-26-31(27(30)18-41-29)33(38)34(32(26)37)22-7-6-8-23(17-22)35(39)40/h4-10,12-13,16-17,26-27,29,31,36H,3,11,14-15,18H2,1-2H3/b20-16+/t26-,27+,29-,31-/m1/s1. The van der Waals surface area contributed by atoms with Crippen LogP contribution in [0.1, 0.15) is 45.1 Å². The summed E-state index contributed by atoms with van der Waals surface area (Å²) in [7, 11) is 0. The van der Waals surface area contributed by atoms with Crippen LogP contribution in [0.3, 0.4) is 0 Å². The number of anilines is 1. The normalized spacial score (nSPS) is 24.2. The number of rotatable bonds is 7. The average molecular weight is 553 g/mol. The summed E-state index contributed by atoms with van der Waals surface area (Å²) in [5.74, 6) is -1.49. The van der Waals surface area contributed by atoms with Gasteiger partial charge in [-0.2, -0.15) is 0 Å². The van der Waals surface area contributed by atoms with Crippen LogP contribution < -0.4 is 4.90 Å². The highest BCUT2D eigenvalue weighted by Gasteiger charge is 2.57. The van der Waals surface area contributed by atoms with Gasteiger partial charge in [0.2, 0.25) is 11.8 Å². The predicted molar refractivity (Wildman–Crippen MR) is 156 cm³/mol. The van der Waals surface area contributed by atoms with Crippen molar-refractivity contribution in [3.05, 3.63) is 93.1 Å². The van der Waals surface area contributed by atoms with Crippen molar-refractivity contribution in [3.63, 3.8) is 0 Å². The number of carbonyl (C=O) groups is 2. The summed E-state index contributed by atoms with van der Waals surface area (Å²) < 4.78 is 6.30. The third-order valence-corrected chi connectivity index (χ3v) is 8.93. The SMILES string of the molecule is CC/C(=C\c1ccc(O)c2ccccc12)CC[C@H]1OC[C@H]2C1=C(C)C[C@H]1C(=O)N(c3cccc([N+](=O)[O-])c3)C(=O)[C@H]12. The first-order valence-corrected chi connectivity index (χ1v) is 14.1. The molecule has 0 saturated carbocycles. The number of aromatic hydroxyl groups is 1. The Kier molecular flexibility index (Phi) is 6.95. The Balaban J connectivity index is 1.22. The van der Waals surface area contributed by atoms with Crippen molar-refractivity contribution in [2.75, 3.05) is 11.5 Å². The first-order valence-electron chi connectivity index (χ1n) is 14.1. The number of amides is 2. The topological polar surface area (TPSA) is 110 Å². The lowest BCUT2D eigenvalue weighted by Crippen LogP contribution is -2.34. The molecule has 1 N–H and O–H groups in total. The second-order valence-corrected chi connectivity index (χ2v) is 11.2. The van der Waals surface area contributed by atoms with Crippen LogP contribution in [0.5, 0.6) is 5.75 Å². The number of hydrogen-bond acceptors (Lipinski definition) is 6. The third kappa shape index (κ3) is 4.62. The van der Waals surface area contributed by atoms with Gasteiger partial charge < -0.3 is 9.84 Å². The van der Waals surface area contributed by atoms with Crippen molar-refractivity contribution in [3.8, 4) is 5.75 Å². The highest BCUT2D eigenvalue weighted by atomic mass is 16.6. The molecule has 41 heavy (non-hydrogen) atoms. The lowest BCUT2D eigenvalue weighted by Gasteiger charge is -2.30. The molecule has 3 aromatic rings. The zero-order valence-electron chi connectivity index (χ0n) is 23.1. The van der Waals surface area contributed by atoms with Crippen LogP contribution in [0.25, 0.3) is 16.8 Å². The maximum atomic E-state index is 13.7. The monoisotopic (exact) mass is 552 g/mol. The highest BCUT2D eigenvalue weighted by molar-refractivity contribution is 6.22. The number of allylic oxidation sites excluding steroid dienone is 2. The third-order valence-electron chi connectivity index (χ3n) is 8.93. The molecule has 2 heterocycles. The quantitative estimate of drug-likeness (QED) is 0.154. The summed E-state index contributed by atoms with van der Waals surface area (Å²) >= 11 is 0. The van der Waals surface area contributed by atoms with Gasteiger partial charge in [-0.25, -0.2) is 4.90 Å². The van der Waals surface area contributed by atoms with E-state index in [1.54, 1.807) is 12.1 Å². The van der Waals surface area contributed by atoms with Gasteiger partial charge in [0, 0.05) is 23.4 Å². The van der Waals surface area contributed by atoms with Gasteiger partial charge in [-0.1, -0.05) is 60.5 Å². The number of nitrogens with zero attached hydrogens (tertiary/aromatic N) is 2. The number of carbonyl (C=O) groups excluding carboxylic acids is 2. The van der Waals surface area contributed by atoms with Crippen molar-refractivity contribution < 1.29 is 24.4 Å². The van der Waals surface area contributed by atoms with Crippen LogP contribution >= 0.6 is 0 Å². The molecule has 0 aromatic heterocycles. The van der Waals surface area contributed by atoms with Gasteiger partial charge in [0.05, 0.1) is 35.2 Å². The van der Waals surface area contributed by atoms with Crippen LogP contribution in [0.4, 0.5) is 11.4 Å². The van der Waals surface area contributed by atoms with E-state index in [0.29, 0.717) is 13.0 Å². The fraction of sp³-hybridized carbons (Fsp3) is 0.333. The van der Waals surface area contributed by atoms with Gasteiger partial charge in [0.1, 0.15) is 5.75 Å². The molecule has 2 amide bonds. The number of benzene rings is 3. The van der Waals surface area contributed by atoms with Crippen molar-refractivity contribution in [2.45, 2.75) is 45.6 Å². The first kappa shape index (κ1) is 26.9. The Morgan fingerprint density at radius 3 is 2.61 bits per heavy atom. The number of phenolic OH excluding ortho intramolecular Hbond substituents is 1. The first-order chi connectivity index (χ1) is 19.8. The van der Waals surface area contributed by atoms with Crippen molar-refractivity contribution in [1.29, 1.82) is 0 Å². The number of nitro groups is 1. The summed E-state index contributed by atoms with van der Waals surface area (Å²) in [5.41, 5.74) is 4.66. The van der Waals surface area contributed by atoms with Crippen molar-refractivity contribution >= 4 is 40.0 Å². The number of hydrogen-bond donors (Lipinski definition) is 1. The van der Waals surface area contributed by atoms with Gasteiger partial charge in [0.25, 0.3) is 5.69 Å². The van der Waals surface area contributed by atoms with E-state index in [-0.39, 0.29) is 41.0 Å². The minimum absolute atomic E-state index is 0.123. The molecule has 3 aliphatic rings. The molecular weight excluding hydrogens is 520 g/mol. The fourth-order valence-electron chi connectivity index (χ4n) is 6.95. The van der Waals surface area contributed by atoms with Crippen LogP contribution in [0.15, 0.2) is 77.4 Å². The minimum atomic E-state index is -0.524. The molecule has 0 bridgehead atoms. The van der Waals surface area contributed by atoms with Gasteiger partial charge in [0.15, 0.2) is 0 Å². The van der Waals surface area contributed by atoms with E-state index in [0.717, 1.165) is 51.6 Å². The van der Waals surface area contributed by atoms with E-state index in [1.165, 1.54) is 23.8 Å². The average Bonchev–Trinajstić information content (AvgIpc) is 3.51. The molecule has 0 spiro atoms. The highest BCUT2D eigenvalue weighted by Crippen LogP contribution is 2.50. The molecule has 4 atom stereocenters. The maximum absolute atomic E-state index is 13.7. The van der Waals surface area contributed by atoms with Crippen LogP contribution in [0, 0.1) is 27.9 Å². The predicted octanol–water partition coefficient (Wildman–Crippen LogP) is 6.57. The van der Waals surface area contributed by atoms with Gasteiger partial charge in [-0.15, -0.1) is 0 Å². The number of ether oxygens (including phenoxy) is 1. The van der Waals surface area contributed by atoms with E-state index in [9.17, 15) is 24.8 Å². The molecular formula is C33H32N2O6. The molecule has 2 saturated heterocycles. The second kappa shape index (κ2) is 10.6. The molecule has 0 unspecified atom stereocenters.